The Morgan fingerprint density at radius 1 is 1.35 bits per heavy atom. The van der Waals surface area contributed by atoms with E-state index in [0.29, 0.717) is 5.69 Å². The van der Waals surface area contributed by atoms with Crippen LogP contribution < -0.4 is 11.1 Å². The van der Waals surface area contributed by atoms with Crippen molar-refractivity contribution in [2.75, 3.05) is 19.4 Å². The number of nitrogens with one attached hydrogen (secondary N) is 1. The molecule has 2 atom stereocenters. The molecule has 0 heterocycles. The van der Waals surface area contributed by atoms with E-state index in [4.69, 9.17) is 5.73 Å². The van der Waals surface area contributed by atoms with Gasteiger partial charge in [-0.1, -0.05) is 0 Å². The summed E-state index contributed by atoms with van der Waals surface area (Å²) in [6.07, 6.45) is -0.887. The number of amidine groups is 1. The second-order valence-electron chi connectivity index (χ2n) is 4.86. The number of rotatable bonds is 4. The van der Waals surface area contributed by atoms with E-state index in [1.54, 1.807) is 24.3 Å². The molecule has 0 radical (unpaired) electrons. The Labute approximate surface area is 119 Å². The van der Waals surface area contributed by atoms with Gasteiger partial charge in [-0.25, -0.2) is 4.99 Å². The summed E-state index contributed by atoms with van der Waals surface area (Å²) in [5, 5.41) is 11.9. The highest BCUT2D eigenvalue weighted by Gasteiger charge is 2.18. The Morgan fingerprint density at radius 3 is 2.35 bits per heavy atom. The van der Waals surface area contributed by atoms with Crippen molar-refractivity contribution in [1.29, 1.82) is 0 Å². The fourth-order valence-corrected chi connectivity index (χ4v) is 1.35. The number of amides is 1. The number of aliphatic imine (C=N–C) groups is 1. The summed E-state index contributed by atoms with van der Waals surface area (Å²) in [5.74, 6) is 0.471. The molecule has 4 N–H and O–H groups in total. The van der Waals surface area contributed by atoms with Gasteiger partial charge in [0.05, 0.1) is 11.8 Å². The molecular formula is C14H22N4O2. The summed E-state index contributed by atoms with van der Waals surface area (Å²) in [7, 11) is 3.84. The van der Waals surface area contributed by atoms with Crippen molar-refractivity contribution >= 4 is 23.1 Å². The summed E-state index contributed by atoms with van der Waals surface area (Å²) >= 11 is 0. The van der Waals surface area contributed by atoms with Crippen LogP contribution in [0.1, 0.15) is 13.8 Å². The van der Waals surface area contributed by atoms with E-state index in [-0.39, 0.29) is 0 Å². The van der Waals surface area contributed by atoms with Gasteiger partial charge in [0, 0.05) is 19.8 Å². The third kappa shape index (κ3) is 4.64. The van der Waals surface area contributed by atoms with Crippen LogP contribution in [0.15, 0.2) is 29.3 Å². The molecule has 0 bridgehead atoms. The molecule has 1 amide bonds. The number of aliphatic hydroxyl groups excluding tert-OH is 1. The molecule has 1 aromatic carbocycles. The lowest BCUT2D eigenvalue weighted by Gasteiger charge is -2.14. The highest BCUT2D eigenvalue weighted by Crippen LogP contribution is 2.17. The molecule has 0 aromatic heterocycles. The van der Waals surface area contributed by atoms with Crippen LogP contribution in [0.3, 0.4) is 0 Å². The van der Waals surface area contributed by atoms with Crippen molar-refractivity contribution in [2.45, 2.75) is 26.0 Å². The number of nitrogens with two attached hydrogens (primary N) is 1. The third-order valence-electron chi connectivity index (χ3n) is 2.90. The number of hydrogen-bond acceptors (Lipinski definition) is 4. The molecule has 0 spiro atoms. The molecule has 1 rings (SSSR count). The van der Waals surface area contributed by atoms with Crippen molar-refractivity contribution in [1.82, 2.24) is 4.90 Å². The van der Waals surface area contributed by atoms with Crippen LogP contribution >= 0.6 is 0 Å². The van der Waals surface area contributed by atoms with Crippen molar-refractivity contribution in [3.63, 3.8) is 0 Å². The van der Waals surface area contributed by atoms with E-state index >= 15 is 0 Å². The minimum Gasteiger partial charge on any atom is -0.391 e. The molecule has 110 valence electrons. The van der Waals surface area contributed by atoms with Crippen LogP contribution in [0.2, 0.25) is 0 Å². The smallest absolute Gasteiger partial charge is 0.243 e. The van der Waals surface area contributed by atoms with Gasteiger partial charge in [-0.05, 0) is 38.1 Å². The van der Waals surface area contributed by atoms with Gasteiger partial charge >= 0.3 is 0 Å². The molecule has 0 aliphatic heterocycles. The van der Waals surface area contributed by atoms with Gasteiger partial charge in [0.15, 0.2) is 0 Å². The first kappa shape index (κ1) is 16.1. The number of hydrogen-bond donors (Lipinski definition) is 3. The lowest BCUT2D eigenvalue weighted by Crippen LogP contribution is -2.43. The summed E-state index contributed by atoms with van der Waals surface area (Å²) in [6, 6.07) is 6.15. The predicted octanol–water partition coefficient (Wildman–Crippen LogP) is 0.945. The van der Waals surface area contributed by atoms with E-state index in [9.17, 15) is 9.90 Å². The quantitative estimate of drug-likeness (QED) is 0.565. The summed E-state index contributed by atoms with van der Waals surface area (Å²) in [4.78, 5) is 18.0. The molecule has 0 saturated heterocycles. The lowest BCUT2D eigenvalue weighted by atomic mass is 10.2. The largest absolute Gasteiger partial charge is 0.391 e. The van der Waals surface area contributed by atoms with Gasteiger partial charge in [0.25, 0.3) is 0 Å². The van der Waals surface area contributed by atoms with Crippen LogP contribution in [0, 0.1) is 0 Å². The fraction of sp³-hybridized carbons (Fsp3) is 0.429. The second-order valence-corrected chi connectivity index (χ2v) is 4.86. The Bertz CT molecular complexity index is 480. The average molecular weight is 278 g/mol. The molecule has 20 heavy (non-hydrogen) atoms. The average Bonchev–Trinajstić information content (AvgIpc) is 2.39. The Balaban J connectivity index is 2.73. The van der Waals surface area contributed by atoms with E-state index in [0.717, 1.165) is 11.5 Å². The molecule has 0 aliphatic rings. The minimum absolute atomic E-state index is 0.416. The number of nitrogens with zero attached hydrogens (tertiary/aromatic N) is 2. The van der Waals surface area contributed by atoms with Crippen LogP contribution in [0.5, 0.6) is 0 Å². The maximum Gasteiger partial charge on any atom is 0.243 e. The molecule has 0 aliphatic carbocycles. The first-order valence-corrected chi connectivity index (χ1v) is 6.38. The van der Waals surface area contributed by atoms with Crippen LogP contribution in [-0.4, -0.2) is 48.0 Å². The minimum atomic E-state index is -0.941. The topological polar surface area (TPSA) is 91.0 Å². The summed E-state index contributed by atoms with van der Waals surface area (Å²) < 4.78 is 0. The standard InChI is InChI=1S/C14H22N4O2/c1-9(19)13(15)14(20)17-12-7-5-11(6-8-12)16-10(2)18(3)4/h5-9,13,19H,15H2,1-4H3,(H,17,20)/t9?,13-/m0/s1. The van der Waals surface area contributed by atoms with Crippen molar-refractivity contribution in [3.8, 4) is 0 Å². The van der Waals surface area contributed by atoms with Crippen molar-refractivity contribution < 1.29 is 9.90 Å². The number of carbonyl (C=O) groups excluding carboxylic acids is 1. The zero-order chi connectivity index (χ0) is 15.3. The van der Waals surface area contributed by atoms with Gasteiger partial charge < -0.3 is 21.1 Å². The molecule has 1 unspecified atom stereocenters. The van der Waals surface area contributed by atoms with Crippen molar-refractivity contribution in [2.24, 2.45) is 10.7 Å². The molecule has 6 nitrogen and oxygen atoms in total. The molecule has 0 fully saturated rings. The van der Waals surface area contributed by atoms with Gasteiger partial charge in [-0.3, -0.25) is 4.79 Å². The van der Waals surface area contributed by atoms with Crippen LogP contribution in [-0.2, 0) is 4.79 Å². The van der Waals surface area contributed by atoms with Crippen LogP contribution in [0.4, 0.5) is 11.4 Å². The fourth-order valence-electron chi connectivity index (χ4n) is 1.35. The Morgan fingerprint density at radius 2 is 1.90 bits per heavy atom. The normalized spacial score (nSPS) is 14.6. The molecule has 0 saturated carbocycles. The third-order valence-corrected chi connectivity index (χ3v) is 2.90. The highest BCUT2D eigenvalue weighted by molar-refractivity contribution is 5.95. The maximum absolute atomic E-state index is 11.7. The van der Waals surface area contributed by atoms with Gasteiger partial charge in [0.1, 0.15) is 11.9 Å². The number of aliphatic hydroxyl groups is 1. The van der Waals surface area contributed by atoms with Gasteiger partial charge in [0.2, 0.25) is 5.91 Å². The summed E-state index contributed by atoms with van der Waals surface area (Å²) in [5.41, 5.74) is 6.97. The SMILES string of the molecule is CC(=Nc1ccc(NC(=O)[C@@H](N)C(C)O)cc1)N(C)C. The Hall–Kier alpha value is -1.92. The second kappa shape index (κ2) is 7.02. The van der Waals surface area contributed by atoms with Gasteiger partial charge in [-0.15, -0.1) is 0 Å². The zero-order valence-corrected chi connectivity index (χ0v) is 12.3. The summed E-state index contributed by atoms with van der Waals surface area (Å²) in [6.45, 7) is 3.39. The number of carbonyl (C=O) groups is 1. The lowest BCUT2D eigenvalue weighted by molar-refractivity contribution is -0.119. The van der Waals surface area contributed by atoms with Crippen molar-refractivity contribution in [3.05, 3.63) is 24.3 Å². The Kier molecular flexibility index (Phi) is 5.66. The van der Waals surface area contributed by atoms with E-state index in [1.807, 2.05) is 25.9 Å². The van der Waals surface area contributed by atoms with Gasteiger partial charge in [-0.2, -0.15) is 0 Å². The first-order chi connectivity index (χ1) is 9.31. The van der Waals surface area contributed by atoms with E-state index in [1.165, 1.54) is 6.92 Å². The zero-order valence-electron chi connectivity index (χ0n) is 12.3. The van der Waals surface area contributed by atoms with Crippen LogP contribution in [0.25, 0.3) is 0 Å². The van der Waals surface area contributed by atoms with E-state index in [2.05, 4.69) is 10.3 Å². The molecule has 6 heteroatoms. The molecular weight excluding hydrogens is 256 g/mol. The predicted molar refractivity (Wildman–Crippen MR) is 81.2 cm³/mol. The number of anilines is 1. The van der Waals surface area contributed by atoms with E-state index < -0.39 is 18.1 Å². The number of benzene rings is 1. The highest BCUT2D eigenvalue weighted by atomic mass is 16.3. The monoisotopic (exact) mass is 278 g/mol. The maximum atomic E-state index is 11.7. The first-order valence-electron chi connectivity index (χ1n) is 6.38. The molecule has 1 aromatic rings.